The standard InChI is InChI=1S/C12H18ClNO3/c1-4-7-5-9(17-3)12(16)10(11(7)13)8(15)6-14-2/h5,8,14-16H,4,6H2,1-3H3. The van der Waals surface area contributed by atoms with E-state index in [4.69, 9.17) is 16.3 Å². The Balaban J connectivity index is 3.34. The number of benzene rings is 1. The lowest BCUT2D eigenvalue weighted by molar-refractivity contribution is 0.173. The summed E-state index contributed by atoms with van der Waals surface area (Å²) in [6.45, 7) is 2.26. The third kappa shape index (κ3) is 2.83. The molecule has 1 atom stereocenters. The first-order valence-corrected chi connectivity index (χ1v) is 5.85. The molecule has 0 bridgehead atoms. The second-order valence-corrected chi connectivity index (χ2v) is 4.12. The van der Waals surface area contributed by atoms with Crippen LogP contribution in [0.5, 0.6) is 11.5 Å². The Labute approximate surface area is 106 Å². The van der Waals surface area contributed by atoms with Crippen molar-refractivity contribution in [1.82, 2.24) is 5.32 Å². The molecule has 1 unspecified atom stereocenters. The number of hydrogen-bond donors (Lipinski definition) is 3. The molecule has 0 saturated carbocycles. The van der Waals surface area contributed by atoms with Gasteiger partial charge in [-0.3, -0.25) is 0 Å². The monoisotopic (exact) mass is 259 g/mol. The van der Waals surface area contributed by atoms with Gasteiger partial charge in [0.2, 0.25) is 0 Å². The van der Waals surface area contributed by atoms with E-state index in [-0.39, 0.29) is 5.75 Å². The van der Waals surface area contributed by atoms with Crippen LogP contribution in [0, 0.1) is 0 Å². The predicted molar refractivity (Wildman–Crippen MR) is 67.9 cm³/mol. The van der Waals surface area contributed by atoms with Gasteiger partial charge >= 0.3 is 0 Å². The zero-order valence-electron chi connectivity index (χ0n) is 10.2. The molecule has 1 aromatic rings. The number of likely N-dealkylation sites (N-methyl/N-ethyl adjacent to an activating group) is 1. The number of aryl methyl sites for hydroxylation is 1. The number of rotatable bonds is 5. The lowest BCUT2D eigenvalue weighted by Gasteiger charge is -2.18. The minimum atomic E-state index is -0.868. The third-order valence-corrected chi connectivity index (χ3v) is 3.09. The number of phenolic OH excluding ortho intramolecular Hbond substituents is 1. The van der Waals surface area contributed by atoms with E-state index in [0.717, 1.165) is 5.56 Å². The SMILES string of the molecule is CCc1cc(OC)c(O)c(C(O)CNC)c1Cl. The number of halogens is 1. The maximum atomic E-state index is 9.99. The molecule has 4 nitrogen and oxygen atoms in total. The van der Waals surface area contributed by atoms with E-state index in [2.05, 4.69) is 5.32 Å². The second kappa shape index (κ2) is 6.10. The molecule has 0 fully saturated rings. The van der Waals surface area contributed by atoms with Crippen molar-refractivity contribution in [3.63, 3.8) is 0 Å². The van der Waals surface area contributed by atoms with Crippen molar-refractivity contribution in [2.45, 2.75) is 19.4 Å². The first kappa shape index (κ1) is 14.1. The van der Waals surface area contributed by atoms with Crippen LogP contribution in [0.2, 0.25) is 5.02 Å². The maximum Gasteiger partial charge on any atom is 0.165 e. The molecule has 17 heavy (non-hydrogen) atoms. The Bertz CT molecular complexity index is 368. The molecule has 0 aliphatic carbocycles. The summed E-state index contributed by atoms with van der Waals surface area (Å²) < 4.78 is 5.07. The predicted octanol–water partition coefficient (Wildman–Crippen LogP) is 1.87. The molecule has 0 heterocycles. The van der Waals surface area contributed by atoms with Gasteiger partial charge in [0.05, 0.1) is 18.2 Å². The first-order valence-electron chi connectivity index (χ1n) is 5.47. The number of methoxy groups -OCH3 is 1. The van der Waals surface area contributed by atoms with E-state index in [1.807, 2.05) is 6.92 Å². The third-order valence-electron chi connectivity index (χ3n) is 2.64. The van der Waals surface area contributed by atoms with E-state index in [9.17, 15) is 10.2 Å². The Kier molecular flexibility index (Phi) is 5.05. The Morgan fingerprint density at radius 2 is 2.18 bits per heavy atom. The fraction of sp³-hybridized carbons (Fsp3) is 0.500. The van der Waals surface area contributed by atoms with Gasteiger partial charge in [-0.1, -0.05) is 18.5 Å². The normalized spacial score (nSPS) is 12.5. The van der Waals surface area contributed by atoms with E-state index in [0.29, 0.717) is 29.3 Å². The van der Waals surface area contributed by atoms with Gasteiger partial charge in [-0.15, -0.1) is 0 Å². The minimum absolute atomic E-state index is 0.0996. The molecule has 3 N–H and O–H groups in total. The number of hydrogen-bond acceptors (Lipinski definition) is 4. The molecule has 0 spiro atoms. The molecule has 0 amide bonds. The van der Waals surface area contributed by atoms with Gasteiger partial charge in [0.1, 0.15) is 0 Å². The van der Waals surface area contributed by atoms with Gasteiger partial charge in [-0.2, -0.15) is 0 Å². The van der Waals surface area contributed by atoms with E-state index < -0.39 is 6.10 Å². The smallest absolute Gasteiger partial charge is 0.165 e. The van der Waals surface area contributed by atoms with Gasteiger partial charge in [0, 0.05) is 12.1 Å². The van der Waals surface area contributed by atoms with Gasteiger partial charge in [-0.05, 0) is 25.1 Å². The van der Waals surface area contributed by atoms with Crippen molar-refractivity contribution in [1.29, 1.82) is 0 Å². The van der Waals surface area contributed by atoms with Gasteiger partial charge in [0.15, 0.2) is 11.5 Å². The van der Waals surface area contributed by atoms with E-state index >= 15 is 0 Å². The van der Waals surface area contributed by atoms with Gasteiger partial charge in [-0.25, -0.2) is 0 Å². The quantitative estimate of drug-likeness (QED) is 0.756. The van der Waals surface area contributed by atoms with Crippen LogP contribution in [0.1, 0.15) is 24.2 Å². The summed E-state index contributed by atoms with van der Waals surface area (Å²) in [5.41, 5.74) is 1.16. The topological polar surface area (TPSA) is 61.7 Å². The van der Waals surface area contributed by atoms with Crippen LogP contribution >= 0.6 is 11.6 Å². The number of aliphatic hydroxyl groups is 1. The highest BCUT2D eigenvalue weighted by Crippen LogP contribution is 2.41. The van der Waals surface area contributed by atoms with Crippen molar-refractivity contribution in [2.75, 3.05) is 20.7 Å². The molecule has 0 radical (unpaired) electrons. The van der Waals surface area contributed by atoms with Crippen LogP contribution < -0.4 is 10.1 Å². The molecular formula is C12H18ClNO3. The van der Waals surface area contributed by atoms with Crippen LogP contribution in [-0.4, -0.2) is 30.9 Å². The highest BCUT2D eigenvalue weighted by atomic mass is 35.5. The Hall–Kier alpha value is -0.970. The fourth-order valence-corrected chi connectivity index (χ4v) is 2.12. The fourth-order valence-electron chi connectivity index (χ4n) is 1.71. The summed E-state index contributed by atoms with van der Waals surface area (Å²) in [4.78, 5) is 0. The molecule has 0 aromatic heterocycles. The van der Waals surface area contributed by atoms with Crippen LogP contribution in [0.25, 0.3) is 0 Å². The van der Waals surface area contributed by atoms with Crippen LogP contribution in [0.3, 0.4) is 0 Å². The second-order valence-electron chi connectivity index (χ2n) is 3.74. The highest BCUT2D eigenvalue weighted by Gasteiger charge is 2.21. The average molecular weight is 260 g/mol. The summed E-state index contributed by atoms with van der Waals surface area (Å²) in [6.07, 6.45) is -0.165. The van der Waals surface area contributed by atoms with E-state index in [1.165, 1.54) is 7.11 Å². The zero-order chi connectivity index (χ0) is 13.0. The van der Waals surface area contributed by atoms with Crippen LogP contribution in [0.15, 0.2) is 6.07 Å². The Morgan fingerprint density at radius 3 is 2.65 bits per heavy atom. The molecule has 1 rings (SSSR count). The lowest BCUT2D eigenvalue weighted by Crippen LogP contribution is -2.17. The molecule has 0 aliphatic rings. The van der Waals surface area contributed by atoms with Crippen molar-refractivity contribution in [3.8, 4) is 11.5 Å². The van der Waals surface area contributed by atoms with Crippen molar-refractivity contribution in [3.05, 3.63) is 22.2 Å². The summed E-state index contributed by atoms with van der Waals surface area (Å²) >= 11 is 6.17. The Morgan fingerprint density at radius 1 is 1.53 bits per heavy atom. The van der Waals surface area contributed by atoms with Crippen LogP contribution in [-0.2, 0) is 6.42 Å². The maximum absolute atomic E-state index is 9.99. The lowest BCUT2D eigenvalue weighted by atomic mass is 10.0. The largest absolute Gasteiger partial charge is 0.504 e. The summed E-state index contributed by atoms with van der Waals surface area (Å²) in [7, 11) is 3.19. The molecule has 0 saturated heterocycles. The van der Waals surface area contributed by atoms with Gasteiger partial charge < -0.3 is 20.3 Å². The zero-order valence-corrected chi connectivity index (χ0v) is 11.0. The molecule has 5 heteroatoms. The van der Waals surface area contributed by atoms with Crippen molar-refractivity contribution < 1.29 is 14.9 Å². The summed E-state index contributed by atoms with van der Waals surface area (Å²) in [5.74, 6) is 0.230. The highest BCUT2D eigenvalue weighted by molar-refractivity contribution is 6.32. The van der Waals surface area contributed by atoms with Gasteiger partial charge in [0.25, 0.3) is 0 Å². The minimum Gasteiger partial charge on any atom is -0.504 e. The number of aromatic hydroxyl groups is 1. The summed E-state index contributed by atoms with van der Waals surface area (Å²) in [5, 5.41) is 23.2. The molecule has 96 valence electrons. The number of ether oxygens (including phenoxy) is 1. The van der Waals surface area contributed by atoms with Crippen molar-refractivity contribution >= 4 is 11.6 Å². The molecular weight excluding hydrogens is 242 g/mol. The first-order chi connectivity index (χ1) is 8.06. The molecule has 0 aliphatic heterocycles. The summed E-state index contributed by atoms with van der Waals surface area (Å²) in [6, 6.07) is 1.69. The number of aliphatic hydroxyl groups excluding tert-OH is 1. The van der Waals surface area contributed by atoms with Crippen LogP contribution in [0.4, 0.5) is 0 Å². The van der Waals surface area contributed by atoms with E-state index in [1.54, 1.807) is 13.1 Å². The molecule has 1 aromatic carbocycles. The average Bonchev–Trinajstić information content (AvgIpc) is 2.30. The number of phenols is 1. The van der Waals surface area contributed by atoms with Crippen molar-refractivity contribution in [2.24, 2.45) is 0 Å². The number of nitrogens with one attached hydrogen (secondary N) is 1.